The molecule has 5 heteroatoms. The molecule has 0 fully saturated rings. The molecule has 0 aromatic heterocycles. The second-order valence-corrected chi connectivity index (χ2v) is 3.93. The molecule has 0 aromatic carbocycles. The minimum atomic E-state index is -0.302. The van der Waals surface area contributed by atoms with Crippen LogP contribution in [0.15, 0.2) is 12.2 Å². The molecule has 0 spiro atoms. The van der Waals surface area contributed by atoms with Crippen molar-refractivity contribution in [1.82, 2.24) is 0 Å². The number of halogens is 1. The van der Waals surface area contributed by atoms with Gasteiger partial charge in [0.2, 0.25) is 0 Å². The van der Waals surface area contributed by atoms with Gasteiger partial charge in [0, 0.05) is 5.57 Å². The summed E-state index contributed by atoms with van der Waals surface area (Å²) in [6.07, 6.45) is 0. The Hall–Kier alpha value is 0.460. The molecule has 0 rings (SSSR count). The molecule has 0 aliphatic heterocycles. The first kappa shape index (κ1) is 19.9. The van der Waals surface area contributed by atoms with Gasteiger partial charge in [-0.05, 0) is 6.92 Å². The van der Waals surface area contributed by atoms with Crippen LogP contribution >= 0.6 is 12.4 Å². The Balaban J connectivity index is -0.000000202. The van der Waals surface area contributed by atoms with E-state index in [1.54, 1.807) is 6.92 Å². The third-order valence-electron chi connectivity index (χ3n) is 1.34. The number of carbonyl (C=O) groups is 1. The van der Waals surface area contributed by atoms with Crippen LogP contribution in [-0.4, -0.2) is 44.7 Å². The van der Waals surface area contributed by atoms with Gasteiger partial charge in [0.1, 0.15) is 13.2 Å². The molecule has 0 heterocycles. The number of hydrogen-bond donors (Lipinski definition) is 0. The van der Waals surface area contributed by atoms with Crippen LogP contribution < -0.4 is 29.6 Å². The monoisotopic (exact) mass is 232 g/mol. The largest absolute Gasteiger partial charge is 1.00 e. The van der Waals surface area contributed by atoms with Crippen molar-refractivity contribution < 1.29 is 45.0 Å². The molecule has 0 saturated heterocycles. The topological polar surface area (TPSA) is 26.3 Å². The van der Waals surface area contributed by atoms with Crippen LogP contribution in [0.4, 0.5) is 0 Å². The van der Waals surface area contributed by atoms with E-state index in [0.29, 0.717) is 12.2 Å². The predicted molar refractivity (Wildman–Crippen MR) is 57.0 cm³/mol. The Labute approximate surface area is 116 Å². The van der Waals surface area contributed by atoms with Crippen LogP contribution in [0.3, 0.4) is 0 Å². The minimum Gasteiger partial charge on any atom is -1.00 e. The van der Waals surface area contributed by atoms with E-state index >= 15 is 0 Å². The maximum absolute atomic E-state index is 10.9. The summed E-state index contributed by atoms with van der Waals surface area (Å²) in [5.74, 6) is -0.302. The van der Waals surface area contributed by atoms with Gasteiger partial charge in [0.15, 0.2) is 0 Å². The van der Waals surface area contributed by atoms with Gasteiger partial charge in [-0.25, -0.2) is 4.79 Å². The van der Waals surface area contributed by atoms with E-state index in [-0.39, 0.29) is 49.4 Å². The van der Waals surface area contributed by atoms with Crippen molar-refractivity contribution in [3.63, 3.8) is 0 Å². The van der Waals surface area contributed by atoms with Crippen LogP contribution in [0, 0.1) is 0 Å². The zero-order valence-electron chi connectivity index (χ0n) is 10.8. The molecule has 0 unspecified atom stereocenters. The van der Waals surface area contributed by atoms with E-state index in [2.05, 4.69) is 27.7 Å². The van der Waals surface area contributed by atoms with E-state index in [1.165, 1.54) is 0 Å². The summed E-state index contributed by atoms with van der Waals surface area (Å²) >= 11 is 0. The van der Waals surface area contributed by atoms with Crippen molar-refractivity contribution in [2.45, 2.75) is 6.92 Å². The molecule has 80 valence electrons. The number of quaternary nitrogens is 1. The summed E-state index contributed by atoms with van der Waals surface area (Å²) in [5.41, 5.74) is 0.455. The second kappa shape index (κ2) is 8.74. The molecule has 3 nitrogen and oxygen atoms in total. The smallest absolute Gasteiger partial charge is 1.00 e. The van der Waals surface area contributed by atoms with E-state index < -0.39 is 0 Å². The van der Waals surface area contributed by atoms with Crippen molar-refractivity contribution >= 4 is 18.4 Å². The fraction of sp³-hybridized carbons (Fsp3) is 0.667. The molecule has 0 saturated carbocycles. The maximum Gasteiger partial charge on any atom is 1.00 e. The van der Waals surface area contributed by atoms with Crippen LogP contribution in [0.2, 0.25) is 0 Å². The Morgan fingerprint density at radius 2 is 1.86 bits per heavy atom. The van der Waals surface area contributed by atoms with Gasteiger partial charge in [-0.2, -0.15) is 0 Å². The van der Waals surface area contributed by atoms with Gasteiger partial charge in [0.05, 0.1) is 21.1 Å². The van der Waals surface area contributed by atoms with Crippen LogP contribution in [0.5, 0.6) is 0 Å². The zero-order valence-corrected chi connectivity index (χ0v) is 12.6. The molecule has 0 aliphatic rings. The van der Waals surface area contributed by atoms with E-state index in [9.17, 15) is 4.79 Å². The van der Waals surface area contributed by atoms with Crippen molar-refractivity contribution in [3.05, 3.63) is 12.2 Å². The van der Waals surface area contributed by atoms with Crippen LogP contribution in [0.1, 0.15) is 8.35 Å². The SMILES string of the molecule is C=C(C)C(=O)OCC[N+](C)(C)C.Cl.[H-].[Na+]. The number of carbonyl (C=O) groups excluding carboxylic acids is 1. The van der Waals surface area contributed by atoms with E-state index in [0.717, 1.165) is 11.0 Å². The summed E-state index contributed by atoms with van der Waals surface area (Å²) in [4.78, 5) is 10.9. The minimum absolute atomic E-state index is 0. The molecule has 0 radical (unpaired) electrons. The Morgan fingerprint density at radius 3 is 2.14 bits per heavy atom. The molecular weight excluding hydrogens is 213 g/mol. The molecule has 0 atom stereocenters. The number of ether oxygens (including phenoxy) is 1. The molecule has 0 amide bonds. The molecule has 0 N–H and O–H groups in total. The maximum atomic E-state index is 10.9. The first-order valence-electron chi connectivity index (χ1n) is 3.96. The van der Waals surface area contributed by atoms with Gasteiger partial charge in [-0.3, -0.25) is 0 Å². The van der Waals surface area contributed by atoms with Gasteiger partial charge < -0.3 is 10.6 Å². The standard InChI is InChI=1S/C9H18NO2.ClH.Na.H/c1-8(2)9(11)12-7-6-10(3,4)5;;;/h1,6-7H2,2-5H3;1H;;/q+1;;+1;-1. The average Bonchev–Trinajstić information content (AvgIpc) is 1.84. The van der Waals surface area contributed by atoms with Crippen molar-refractivity contribution in [1.29, 1.82) is 0 Å². The first-order valence-corrected chi connectivity index (χ1v) is 3.96. The van der Waals surface area contributed by atoms with Crippen molar-refractivity contribution in [2.24, 2.45) is 0 Å². The van der Waals surface area contributed by atoms with Crippen molar-refractivity contribution in [2.75, 3.05) is 34.3 Å². The number of likely N-dealkylation sites (N-methyl/N-ethyl adjacent to an activating group) is 1. The average molecular weight is 233 g/mol. The normalized spacial score (nSPS) is 9.43. The quantitative estimate of drug-likeness (QED) is 0.251. The predicted octanol–water partition coefficient (Wildman–Crippen LogP) is -1.65. The number of nitrogens with zero attached hydrogens (tertiary/aromatic N) is 1. The van der Waals surface area contributed by atoms with Gasteiger partial charge in [-0.1, -0.05) is 6.58 Å². The molecule has 0 bridgehead atoms. The van der Waals surface area contributed by atoms with Crippen molar-refractivity contribution in [3.8, 4) is 0 Å². The summed E-state index contributed by atoms with van der Waals surface area (Å²) in [7, 11) is 6.15. The molecule has 0 aliphatic carbocycles. The number of esters is 1. The Morgan fingerprint density at radius 1 is 1.43 bits per heavy atom. The summed E-state index contributed by atoms with van der Waals surface area (Å²) in [5, 5.41) is 0. The third-order valence-corrected chi connectivity index (χ3v) is 1.34. The zero-order chi connectivity index (χ0) is 9.78. The Bertz CT molecular complexity index is 195. The Kier molecular flexibility index (Phi) is 12.5. The molecular formula is C9H20ClNNaO2+. The first-order chi connectivity index (χ1) is 5.33. The van der Waals surface area contributed by atoms with E-state index in [1.807, 2.05) is 0 Å². The fourth-order valence-corrected chi connectivity index (χ4v) is 0.535. The second-order valence-electron chi connectivity index (χ2n) is 3.93. The van der Waals surface area contributed by atoms with Crippen LogP contribution in [0.25, 0.3) is 0 Å². The van der Waals surface area contributed by atoms with Gasteiger partial charge in [0.25, 0.3) is 0 Å². The number of hydrogen-bond acceptors (Lipinski definition) is 2. The third kappa shape index (κ3) is 12.5. The molecule has 0 aromatic rings. The van der Waals surface area contributed by atoms with Crippen LogP contribution in [-0.2, 0) is 9.53 Å². The summed E-state index contributed by atoms with van der Waals surface area (Å²) in [6.45, 7) is 6.41. The van der Waals surface area contributed by atoms with Gasteiger partial charge >= 0.3 is 35.5 Å². The van der Waals surface area contributed by atoms with Gasteiger partial charge in [-0.15, -0.1) is 12.4 Å². The summed E-state index contributed by atoms with van der Waals surface area (Å²) < 4.78 is 5.72. The molecule has 14 heavy (non-hydrogen) atoms. The number of rotatable bonds is 4. The fourth-order valence-electron chi connectivity index (χ4n) is 0.535. The summed E-state index contributed by atoms with van der Waals surface area (Å²) in [6, 6.07) is 0. The van der Waals surface area contributed by atoms with E-state index in [4.69, 9.17) is 4.74 Å².